The minimum atomic E-state index is 0.599. The molecule has 0 bridgehead atoms. The molecule has 0 atom stereocenters. The topological polar surface area (TPSA) is 63.8 Å². The SMILES string of the molecule is Cc1cnc(C)c(NCc2nocc2C)n1. The first-order valence-electron chi connectivity index (χ1n) is 5.11. The number of rotatable bonds is 3. The molecule has 1 N–H and O–H groups in total. The van der Waals surface area contributed by atoms with E-state index in [4.69, 9.17) is 4.52 Å². The van der Waals surface area contributed by atoms with Gasteiger partial charge in [-0.2, -0.15) is 0 Å². The number of aryl methyl sites for hydroxylation is 3. The molecular formula is C11H14N4O. The molecule has 2 aromatic heterocycles. The summed E-state index contributed by atoms with van der Waals surface area (Å²) < 4.78 is 4.86. The van der Waals surface area contributed by atoms with Crippen molar-refractivity contribution in [3.05, 3.63) is 35.1 Å². The van der Waals surface area contributed by atoms with Gasteiger partial charge in [0.25, 0.3) is 0 Å². The van der Waals surface area contributed by atoms with E-state index in [2.05, 4.69) is 20.4 Å². The first-order chi connectivity index (χ1) is 7.66. The van der Waals surface area contributed by atoms with Crippen molar-refractivity contribution >= 4 is 5.82 Å². The van der Waals surface area contributed by atoms with Gasteiger partial charge in [-0.1, -0.05) is 5.16 Å². The maximum Gasteiger partial charge on any atom is 0.148 e. The Balaban J connectivity index is 2.10. The summed E-state index contributed by atoms with van der Waals surface area (Å²) in [5, 5.41) is 7.10. The summed E-state index contributed by atoms with van der Waals surface area (Å²) in [6, 6.07) is 0. The van der Waals surface area contributed by atoms with Gasteiger partial charge in [0.15, 0.2) is 0 Å². The second-order valence-electron chi connectivity index (χ2n) is 3.74. The van der Waals surface area contributed by atoms with E-state index in [9.17, 15) is 0 Å². The standard InChI is InChI=1S/C11H14N4O/c1-7-6-16-15-10(7)5-13-11-9(3)12-4-8(2)14-11/h4,6H,5H2,1-3H3,(H,13,14). The fraction of sp³-hybridized carbons (Fsp3) is 0.364. The van der Waals surface area contributed by atoms with E-state index < -0.39 is 0 Å². The molecule has 0 aliphatic rings. The van der Waals surface area contributed by atoms with Crippen LogP contribution in [0.2, 0.25) is 0 Å². The van der Waals surface area contributed by atoms with Crippen LogP contribution in [-0.4, -0.2) is 15.1 Å². The molecule has 0 unspecified atom stereocenters. The highest BCUT2D eigenvalue weighted by Gasteiger charge is 2.05. The van der Waals surface area contributed by atoms with Crippen LogP contribution in [0.1, 0.15) is 22.6 Å². The number of aromatic nitrogens is 3. The first kappa shape index (κ1) is 10.6. The second-order valence-corrected chi connectivity index (χ2v) is 3.74. The molecule has 2 aromatic rings. The van der Waals surface area contributed by atoms with Gasteiger partial charge in [-0.05, 0) is 20.8 Å². The van der Waals surface area contributed by atoms with Crippen LogP contribution in [-0.2, 0) is 6.54 Å². The van der Waals surface area contributed by atoms with Gasteiger partial charge >= 0.3 is 0 Å². The highest BCUT2D eigenvalue weighted by molar-refractivity contribution is 5.40. The fourth-order valence-corrected chi connectivity index (χ4v) is 1.35. The zero-order chi connectivity index (χ0) is 11.5. The van der Waals surface area contributed by atoms with Crippen LogP contribution in [0.3, 0.4) is 0 Å². The number of hydrogen-bond donors (Lipinski definition) is 1. The van der Waals surface area contributed by atoms with E-state index in [1.807, 2.05) is 20.8 Å². The van der Waals surface area contributed by atoms with Crippen LogP contribution in [0.15, 0.2) is 17.0 Å². The monoisotopic (exact) mass is 218 g/mol. The van der Waals surface area contributed by atoms with Gasteiger partial charge in [0.05, 0.1) is 17.9 Å². The predicted molar refractivity (Wildman–Crippen MR) is 60.1 cm³/mol. The molecule has 0 saturated heterocycles. The van der Waals surface area contributed by atoms with E-state index in [1.165, 1.54) is 0 Å². The Kier molecular flexibility index (Phi) is 2.85. The number of anilines is 1. The molecule has 0 saturated carbocycles. The lowest BCUT2D eigenvalue weighted by atomic mass is 10.3. The van der Waals surface area contributed by atoms with Crippen molar-refractivity contribution < 1.29 is 4.52 Å². The van der Waals surface area contributed by atoms with Crippen LogP contribution >= 0.6 is 0 Å². The van der Waals surface area contributed by atoms with E-state index >= 15 is 0 Å². The molecule has 0 spiro atoms. The van der Waals surface area contributed by atoms with Crippen molar-refractivity contribution in [2.75, 3.05) is 5.32 Å². The maximum absolute atomic E-state index is 4.86. The number of nitrogens with zero attached hydrogens (tertiary/aromatic N) is 3. The van der Waals surface area contributed by atoms with E-state index in [0.717, 1.165) is 28.5 Å². The van der Waals surface area contributed by atoms with Crippen molar-refractivity contribution in [1.29, 1.82) is 0 Å². The highest BCUT2D eigenvalue weighted by atomic mass is 16.5. The molecule has 0 fully saturated rings. The molecule has 0 radical (unpaired) electrons. The second kappa shape index (κ2) is 4.30. The quantitative estimate of drug-likeness (QED) is 0.853. The molecular weight excluding hydrogens is 204 g/mol. The van der Waals surface area contributed by atoms with Crippen molar-refractivity contribution in [1.82, 2.24) is 15.1 Å². The Labute approximate surface area is 93.9 Å². The highest BCUT2D eigenvalue weighted by Crippen LogP contribution is 2.11. The van der Waals surface area contributed by atoms with E-state index in [1.54, 1.807) is 12.5 Å². The third-order valence-electron chi connectivity index (χ3n) is 2.35. The lowest BCUT2D eigenvalue weighted by molar-refractivity contribution is 0.412. The van der Waals surface area contributed by atoms with Crippen molar-refractivity contribution in [2.24, 2.45) is 0 Å². The molecule has 0 aromatic carbocycles. The van der Waals surface area contributed by atoms with Crippen LogP contribution < -0.4 is 5.32 Å². The molecule has 0 amide bonds. The van der Waals surface area contributed by atoms with Crippen LogP contribution in [0, 0.1) is 20.8 Å². The lowest BCUT2D eigenvalue weighted by Crippen LogP contribution is -2.06. The smallest absolute Gasteiger partial charge is 0.148 e. The van der Waals surface area contributed by atoms with Gasteiger partial charge in [-0.25, -0.2) is 4.98 Å². The van der Waals surface area contributed by atoms with Crippen LogP contribution in [0.25, 0.3) is 0 Å². The first-order valence-corrected chi connectivity index (χ1v) is 5.11. The summed E-state index contributed by atoms with van der Waals surface area (Å²) in [6.07, 6.45) is 3.38. The van der Waals surface area contributed by atoms with Crippen LogP contribution in [0.4, 0.5) is 5.82 Å². The average Bonchev–Trinajstić information content (AvgIpc) is 2.66. The summed E-state index contributed by atoms with van der Waals surface area (Å²) in [6.45, 7) is 6.40. The van der Waals surface area contributed by atoms with Gasteiger partial charge in [0.2, 0.25) is 0 Å². The van der Waals surface area contributed by atoms with Gasteiger partial charge < -0.3 is 9.84 Å². The average molecular weight is 218 g/mol. The van der Waals surface area contributed by atoms with Gasteiger partial charge in [-0.3, -0.25) is 4.98 Å². The minimum absolute atomic E-state index is 0.599. The van der Waals surface area contributed by atoms with Crippen molar-refractivity contribution in [3.63, 3.8) is 0 Å². The van der Waals surface area contributed by atoms with Gasteiger partial charge in [-0.15, -0.1) is 0 Å². The maximum atomic E-state index is 4.86. The molecule has 16 heavy (non-hydrogen) atoms. The zero-order valence-corrected chi connectivity index (χ0v) is 9.61. The number of nitrogens with one attached hydrogen (secondary N) is 1. The molecule has 2 rings (SSSR count). The Morgan fingerprint density at radius 1 is 1.31 bits per heavy atom. The lowest BCUT2D eigenvalue weighted by Gasteiger charge is -2.07. The molecule has 0 aliphatic heterocycles. The van der Waals surface area contributed by atoms with E-state index in [0.29, 0.717) is 6.54 Å². The Morgan fingerprint density at radius 3 is 2.81 bits per heavy atom. The third kappa shape index (κ3) is 2.18. The molecule has 0 aliphatic carbocycles. The Morgan fingerprint density at radius 2 is 2.12 bits per heavy atom. The summed E-state index contributed by atoms with van der Waals surface area (Å²) in [5.41, 5.74) is 3.70. The zero-order valence-electron chi connectivity index (χ0n) is 9.61. The summed E-state index contributed by atoms with van der Waals surface area (Å²) in [4.78, 5) is 8.60. The van der Waals surface area contributed by atoms with Gasteiger partial charge in [0.1, 0.15) is 17.8 Å². The molecule has 84 valence electrons. The fourth-order valence-electron chi connectivity index (χ4n) is 1.35. The Hall–Kier alpha value is -1.91. The summed E-state index contributed by atoms with van der Waals surface area (Å²) >= 11 is 0. The largest absolute Gasteiger partial charge is 0.364 e. The normalized spacial score (nSPS) is 10.4. The molecule has 5 nitrogen and oxygen atoms in total. The molecule has 2 heterocycles. The predicted octanol–water partition coefficient (Wildman–Crippen LogP) is 2.00. The minimum Gasteiger partial charge on any atom is -0.364 e. The summed E-state index contributed by atoms with van der Waals surface area (Å²) in [5.74, 6) is 0.794. The summed E-state index contributed by atoms with van der Waals surface area (Å²) in [7, 11) is 0. The Bertz CT molecular complexity index is 492. The van der Waals surface area contributed by atoms with Gasteiger partial charge in [0, 0.05) is 11.8 Å². The van der Waals surface area contributed by atoms with Crippen LogP contribution in [0.5, 0.6) is 0 Å². The van der Waals surface area contributed by atoms with Crippen molar-refractivity contribution in [3.8, 4) is 0 Å². The third-order valence-corrected chi connectivity index (χ3v) is 2.35. The van der Waals surface area contributed by atoms with E-state index in [-0.39, 0.29) is 0 Å². The molecule has 5 heteroatoms. The van der Waals surface area contributed by atoms with Crippen molar-refractivity contribution in [2.45, 2.75) is 27.3 Å². The number of hydrogen-bond acceptors (Lipinski definition) is 5.